The Bertz CT molecular complexity index is 566. The molecule has 3 aliphatic rings. The van der Waals surface area contributed by atoms with Crippen LogP contribution in [0.1, 0.15) is 46.0 Å². The fourth-order valence-electron chi connectivity index (χ4n) is 5.55. The molecule has 0 aromatic heterocycles. The van der Waals surface area contributed by atoms with Crippen LogP contribution >= 0.6 is 0 Å². The summed E-state index contributed by atoms with van der Waals surface area (Å²) in [6.45, 7) is 6.11. The zero-order chi connectivity index (χ0) is 20.1. The number of nitrogens with zero attached hydrogens (tertiary/aromatic N) is 1. The summed E-state index contributed by atoms with van der Waals surface area (Å²) in [5.41, 5.74) is 0. The predicted molar refractivity (Wildman–Crippen MR) is 107 cm³/mol. The highest BCUT2D eigenvalue weighted by Crippen LogP contribution is 2.40. The molecule has 2 aliphatic heterocycles. The summed E-state index contributed by atoms with van der Waals surface area (Å²) >= 11 is 0. The molecular weight excluding hydrogens is 357 g/mol. The molecule has 9 unspecified atom stereocenters. The molecule has 5 nitrogen and oxygen atoms in total. The second kappa shape index (κ2) is 10.2. The van der Waals surface area contributed by atoms with Gasteiger partial charge in [-0.2, -0.15) is 5.26 Å². The standard InChI is InChI=1S/C22H36FN3O2/c1-3-28-22(27)18(13-24)20-12-15(8-10-25-20)17-5-4-9-26-21(17)16-6-7-19(23)14(2)11-16/h6-7,14-22,25-27H,3-5,8-12H2,1-2H3. The third-order valence-corrected chi connectivity index (χ3v) is 7.06. The fourth-order valence-corrected chi connectivity index (χ4v) is 5.55. The van der Waals surface area contributed by atoms with E-state index in [0.29, 0.717) is 30.4 Å². The quantitative estimate of drug-likeness (QED) is 0.478. The lowest BCUT2D eigenvalue weighted by atomic mass is 9.67. The van der Waals surface area contributed by atoms with Gasteiger partial charge in [-0.05, 0) is 75.8 Å². The van der Waals surface area contributed by atoms with Crippen LogP contribution in [0.2, 0.25) is 0 Å². The Morgan fingerprint density at radius 3 is 2.79 bits per heavy atom. The Morgan fingerprint density at radius 2 is 2.07 bits per heavy atom. The zero-order valence-electron chi connectivity index (χ0n) is 17.2. The van der Waals surface area contributed by atoms with E-state index in [9.17, 15) is 14.8 Å². The number of nitrogens with one attached hydrogen (secondary N) is 2. The molecule has 158 valence electrons. The molecule has 6 heteroatoms. The van der Waals surface area contributed by atoms with Gasteiger partial charge in [0.1, 0.15) is 12.1 Å². The normalized spacial score (nSPS) is 41.2. The van der Waals surface area contributed by atoms with E-state index in [4.69, 9.17) is 4.74 Å². The van der Waals surface area contributed by atoms with Crippen molar-refractivity contribution in [2.24, 2.45) is 29.6 Å². The van der Waals surface area contributed by atoms with Crippen LogP contribution in [-0.4, -0.2) is 49.3 Å². The van der Waals surface area contributed by atoms with E-state index in [2.05, 4.69) is 22.8 Å². The van der Waals surface area contributed by atoms with E-state index >= 15 is 0 Å². The lowest BCUT2D eigenvalue weighted by Gasteiger charge is -2.46. The number of hydrogen-bond donors (Lipinski definition) is 3. The number of aliphatic hydroxyl groups is 1. The van der Waals surface area contributed by atoms with Crippen molar-refractivity contribution < 1.29 is 14.2 Å². The van der Waals surface area contributed by atoms with Gasteiger partial charge in [0.25, 0.3) is 0 Å². The SMILES string of the molecule is CCOC(O)C(C#N)C1CC(C2CCCNC2C2C=CC(F)C(C)C2)CCN1. The van der Waals surface area contributed by atoms with Gasteiger partial charge in [-0.3, -0.25) is 0 Å². The molecule has 1 aliphatic carbocycles. The molecule has 0 saturated carbocycles. The van der Waals surface area contributed by atoms with Crippen LogP contribution in [0, 0.1) is 40.9 Å². The Labute approximate surface area is 168 Å². The number of nitriles is 1. The number of aliphatic hydroxyl groups excluding tert-OH is 1. The van der Waals surface area contributed by atoms with Crippen molar-refractivity contribution in [3.63, 3.8) is 0 Å². The van der Waals surface area contributed by atoms with Gasteiger partial charge < -0.3 is 20.5 Å². The number of ether oxygens (including phenoxy) is 1. The van der Waals surface area contributed by atoms with Gasteiger partial charge in [0.05, 0.1) is 6.07 Å². The van der Waals surface area contributed by atoms with E-state index in [0.717, 1.165) is 38.8 Å². The number of alkyl halides is 1. The minimum atomic E-state index is -1.05. The zero-order valence-corrected chi connectivity index (χ0v) is 17.2. The minimum absolute atomic E-state index is 0.0519. The van der Waals surface area contributed by atoms with Crippen molar-refractivity contribution >= 4 is 0 Å². The van der Waals surface area contributed by atoms with Gasteiger partial charge in [0.15, 0.2) is 6.29 Å². The van der Waals surface area contributed by atoms with Crippen LogP contribution in [-0.2, 0) is 4.74 Å². The number of halogens is 1. The van der Waals surface area contributed by atoms with E-state index in [1.54, 1.807) is 6.08 Å². The maximum Gasteiger partial charge on any atom is 0.171 e. The highest BCUT2D eigenvalue weighted by molar-refractivity contribution is 5.08. The molecule has 0 spiro atoms. The van der Waals surface area contributed by atoms with Gasteiger partial charge in [0, 0.05) is 18.7 Å². The van der Waals surface area contributed by atoms with Crippen LogP contribution in [0.25, 0.3) is 0 Å². The molecule has 2 fully saturated rings. The van der Waals surface area contributed by atoms with E-state index in [1.807, 2.05) is 13.8 Å². The topological polar surface area (TPSA) is 77.3 Å². The predicted octanol–water partition coefficient (Wildman–Crippen LogP) is 2.77. The van der Waals surface area contributed by atoms with Gasteiger partial charge in [-0.15, -0.1) is 0 Å². The minimum Gasteiger partial charge on any atom is -0.367 e. The fraction of sp³-hybridized carbons (Fsp3) is 0.864. The monoisotopic (exact) mass is 393 g/mol. The van der Waals surface area contributed by atoms with E-state index in [1.165, 1.54) is 6.42 Å². The summed E-state index contributed by atoms with van der Waals surface area (Å²) in [6.07, 6.45) is 7.17. The summed E-state index contributed by atoms with van der Waals surface area (Å²) in [7, 11) is 0. The van der Waals surface area contributed by atoms with Crippen LogP contribution in [0.15, 0.2) is 12.2 Å². The Balaban J connectivity index is 1.69. The first-order valence-electron chi connectivity index (χ1n) is 11.0. The molecule has 9 atom stereocenters. The van der Waals surface area contributed by atoms with Gasteiger partial charge in [-0.1, -0.05) is 19.1 Å². The second-order valence-corrected chi connectivity index (χ2v) is 8.84. The van der Waals surface area contributed by atoms with Crippen LogP contribution in [0.4, 0.5) is 4.39 Å². The van der Waals surface area contributed by atoms with Crippen molar-refractivity contribution in [1.82, 2.24) is 10.6 Å². The van der Waals surface area contributed by atoms with Gasteiger partial charge in [-0.25, -0.2) is 4.39 Å². The maximum absolute atomic E-state index is 13.9. The van der Waals surface area contributed by atoms with E-state index in [-0.39, 0.29) is 12.0 Å². The van der Waals surface area contributed by atoms with Crippen LogP contribution in [0.3, 0.4) is 0 Å². The Morgan fingerprint density at radius 1 is 1.25 bits per heavy atom. The molecule has 3 N–H and O–H groups in total. The van der Waals surface area contributed by atoms with Crippen molar-refractivity contribution in [3.05, 3.63) is 12.2 Å². The summed E-state index contributed by atoms with van der Waals surface area (Å²) in [5, 5.41) is 27.0. The second-order valence-electron chi connectivity index (χ2n) is 8.84. The molecule has 3 rings (SSSR count). The van der Waals surface area contributed by atoms with Crippen LogP contribution < -0.4 is 10.6 Å². The highest BCUT2D eigenvalue weighted by atomic mass is 19.1. The number of piperidine rings is 2. The Kier molecular flexibility index (Phi) is 7.87. The number of allylic oxidation sites excluding steroid dienone is 1. The maximum atomic E-state index is 13.9. The molecule has 2 heterocycles. The third-order valence-electron chi connectivity index (χ3n) is 7.06. The third kappa shape index (κ3) is 4.94. The molecular formula is C22H36FN3O2. The van der Waals surface area contributed by atoms with Crippen molar-refractivity contribution in [2.75, 3.05) is 19.7 Å². The largest absolute Gasteiger partial charge is 0.367 e. The van der Waals surface area contributed by atoms with E-state index < -0.39 is 18.4 Å². The first kappa shape index (κ1) is 21.7. The number of rotatable bonds is 6. The van der Waals surface area contributed by atoms with Gasteiger partial charge in [0.2, 0.25) is 0 Å². The summed E-state index contributed by atoms with van der Waals surface area (Å²) in [6, 6.07) is 2.58. The Hall–Kier alpha value is -1.00. The lowest BCUT2D eigenvalue weighted by molar-refractivity contribution is -0.127. The average Bonchev–Trinajstić information content (AvgIpc) is 2.71. The first-order chi connectivity index (χ1) is 13.5. The molecule has 28 heavy (non-hydrogen) atoms. The summed E-state index contributed by atoms with van der Waals surface area (Å²) in [4.78, 5) is 0. The van der Waals surface area contributed by atoms with Crippen LogP contribution in [0.5, 0.6) is 0 Å². The summed E-state index contributed by atoms with van der Waals surface area (Å²) < 4.78 is 19.2. The molecule has 0 bridgehead atoms. The smallest absolute Gasteiger partial charge is 0.171 e. The summed E-state index contributed by atoms with van der Waals surface area (Å²) in [5.74, 6) is 0.922. The van der Waals surface area contributed by atoms with Crippen molar-refractivity contribution in [3.8, 4) is 6.07 Å². The number of hydrogen-bond acceptors (Lipinski definition) is 5. The first-order valence-corrected chi connectivity index (χ1v) is 11.0. The molecule has 0 aromatic rings. The lowest BCUT2D eigenvalue weighted by Crippen LogP contribution is -2.54. The molecule has 0 radical (unpaired) electrons. The van der Waals surface area contributed by atoms with Gasteiger partial charge >= 0.3 is 0 Å². The highest BCUT2D eigenvalue weighted by Gasteiger charge is 2.41. The molecule has 2 saturated heterocycles. The van der Waals surface area contributed by atoms with Crippen molar-refractivity contribution in [1.29, 1.82) is 5.26 Å². The van der Waals surface area contributed by atoms with Crippen molar-refractivity contribution in [2.45, 2.75) is 70.5 Å². The average molecular weight is 394 g/mol. The molecule has 0 aromatic carbocycles. The molecule has 0 amide bonds.